The van der Waals surface area contributed by atoms with Crippen LogP contribution in [0.3, 0.4) is 0 Å². The minimum absolute atomic E-state index is 0.290. The monoisotopic (exact) mass is 459 g/mol. The third kappa shape index (κ3) is 6.47. The zero-order valence-corrected chi connectivity index (χ0v) is 17.1. The van der Waals surface area contributed by atoms with Gasteiger partial charge in [0.2, 0.25) is 0 Å². The Morgan fingerprint density at radius 1 is 1.12 bits per heavy atom. The van der Waals surface area contributed by atoms with E-state index in [-0.39, 0.29) is 5.91 Å². The number of rotatable bonds is 5. The zero-order chi connectivity index (χ0) is 18.4. The molecular weight excluding hydrogens is 445 g/mol. The van der Waals surface area contributed by atoms with Crippen molar-refractivity contribution in [2.45, 2.75) is 17.9 Å². The van der Waals surface area contributed by atoms with E-state index in [2.05, 4.69) is 31.9 Å². The highest BCUT2D eigenvalue weighted by molar-refractivity contribution is 9.10. The van der Waals surface area contributed by atoms with E-state index in [0.29, 0.717) is 10.7 Å². The summed E-state index contributed by atoms with van der Waals surface area (Å²) in [5.74, 6) is -0.297. The van der Waals surface area contributed by atoms with Gasteiger partial charge >= 0.3 is 0 Å². The van der Waals surface area contributed by atoms with Crippen molar-refractivity contribution in [2.75, 3.05) is 5.32 Å². The number of nitrogens with one attached hydrogen (secondary N) is 3. The van der Waals surface area contributed by atoms with E-state index < -0.39 is 11.0 Å². The van der Waals surface area contributed by atoms with Gasteiger partial charge in [0, 0.05) is 15.7 Å². The molecule has 0 saturated carbocycles. The van der Waals surface area contributed by atoms with Crippen LogP contribution >= 0.6 is 51.3 Å². The van der Waals surface area contributed by atoms with Gasteiger partial charge in [-0.2, -0.15) is 0 Å². The second-order valence-corrected chi connectivity index (χ2v) is 7.75. The Kier molecular flexibility index (Phi) is 7.50. The number of amides is 1. The number of benzene rings is 2. The largest absolute Gasteiger partial charge is 0.340 e. The number of aryl methyl sites for hydroxylation is 1. The molecule has 1 atom stereocenters. The van der Waals surface area contributed by atoms with Gasteiger partial charge < -0.3 is 16.0 Å². The predicted molar refractivity (Wildman–Crippen MR) is 111 cm³/mol. The highest BCUT2D eigenvalue weighted by Crippen LogP contribution is 2.16. The molecule has 0 heterocycles. The molecule has 0 radical (unpaired) electrons. The molecule has 132 valence electrons. The van der Waals surface area contributed by atoms with Gasteiger partial charge in [-0.3, -0.25) is 4.79 Å². The highest BCUT2D eigenvalue weighted by Gasteiger charge is 2.21. The number of carbonyl (C=O) groups excluding carboxylic acids is 1. The first-order valence-electron chi connectivity index (χ1n) is 7.34. The maximum absolute atomic E-state index is 12.3. The van der Waals surface area contributed by atoms with E-state index in [1.165, 1.54) is 0 Å². The Labute approximate surface area is 170 Å². The summed E-state index contributed by atoms with van der Waals surface area (Å²) in [7, 11) is 0. The molecule has 1 amide bonds. The van der Waals surface area contributed by atoms with Crippen LogP contribution in [0.15, 0.2) is 53.0 Å². The van der Waals surface area contributed by atoms with Gasteiger partial charge in [-0.1, -0.05) is 39.7 Å². The van der Waals surface area contributed by atoms with E-state index in [0.717, 1.165) is 15.7 Å². The molecule has 0 aromatic heterocycles. The summed E-state index contributed by atoms with van der Waals surface area (Å²) >= 11 is 20.6. The SMILES string of the molecule is Cc1ccc(C(=O)N[C@@H](NC(=S)Nc2cccc(Br)c2)C(Cl)Cl)cc1. The van der Waals surface area contributed by atoms with Crippen LogP contribution < -0.4 is 16.0 Å². The minimum Gasteiger partial charge on any atom is -0.340 e. The summed E-state index contributed by atoms with van der Waals surface area (Å²) in [5, 5.41) is 8.94. The number of alkyl halides is 2. The average molecular weight is 461 g/mol. The molecule has 2 rings (SSSR count). The Hall–Kier alpha value is -1.34. The first kappa shape index (κ1) is 20.0. The third-order valence-electron chi connectivity index (χ3n) is 3.22. The van der Waals surface area contributed by atoms with Crippen LogP contribution in [0.5, 0.6) is 0 Å². The molecule has 0 spiro atoms. The second kappa shape index (κ2) is 9.38. The lowest BCUT2D eigenvalue weighted by Crippen LogP contribution is -2.52. The van der Waals surface area contributed by atoms with Crippen LogP contribution in [0.4, 0.5) is 5.69 Å². The number of halogens is 3. The molecule has 2 aromatic rings. The number of hydrogen-bond donors (Lipinski definition) is 3. The van der Waals surface area contributed by atoms with Crippen molar-refractivity contribution in [3.8, 4) is 0 Å². The van der Waals surface area contributed by atoms with Crippen molar-refractivity contribution in [3.63, 3.8) is 0 Å². The average Bonchev–Trinajstić information content (AvgIpc) is 2.54. The standard InChI is InChI=1S/C17H16BrCl2N3OS/c1-10-5-7-11(8-6-10)16(24)22-15(14(19)20)23-17(25)21-13-4-2-3-12(18)9-13/h2-9,14-15H,1H3,(H,22,24)(H2,21,23,25)/t15-/m0/s1. The van der Waals surface area contributed by atoms with E-state index in [1.54, 1.807) is 12.1 Å². The van der Waals surface area contributed by atoms with Crippen LogP contribution in [0.1, 0.15) is 15.9 Å². The van der Waals surface area contributed by atoms with E-state index in [1.807, 2.05) is 43.3 Å². The van der Waals surface area contributed by atoms with Crippen molar-refractivity contribution in [3.05, 3.63) is 64.1 Å². The number of hydrogen-bond acceptors (Lipinski definition) is 2. The minimum atomic E-state index is -0.892. The van der Waals surface area contributed by atoms with Crippen LogP contribution in [-0.2, 0) is 0 Å². The zero-order valence-electron chi connectivity index (χ0n) is 13.2. The summed E-state index contributed by atoms with van der Waals surface area (Å²) in [6.45, 7) is 1.95. The lowest BCUT2D eigenvalue weighted by molar-refractivity contribution is 0.0936. The van der Waals surface area contributed by atoms with Gasteiger partial charge in [-0.15, -0.1) is 23.2 Å². The molecule has 0 fully saturated rings. The maximum atomic E-state index is 12.3. The van der Waals surface area contributed by atoms with E-state index >= 15 is 0 Å². The van der Waals surface area contributed by atoms with Crippen LogP contribution in [0, 0.1) is 6.92 Å². The molecule has 0 aliphatic rings. The Balaban J connectivity index is 1.99. The first-order valence-corrected chi connectivity index (χ1v) is 9.41. The quantitative estimate of drug-likeness (QED) is 0.346. The van der Waals surface area contributed by atoms with Gasteiger partial charge in [-0.25, -0.2) is 0 Å². The van der Waals surface area contributed by atoms with Crippen molar-refractivity contribution in [2.24, 2.45) is 0 Å². The van der Waals surface area contributed by atoms with E-state index in [9.17, 15) is 4.79 Å². The molecule has 0 saturated heterocycles. The second-order valence-electron chi connectivity index (χ2n) is 5.26. The number of anilines is 1. The summed E-state index contributed by atoms with van der Waals surface area (Å²) in [6, 6.07) is 14.7. The maximum Gasteiger partial charge on any atom is 0.252 e. The molecular formula is C17H16BrCl2N3OS. The normalized spacial score (nSPS) is 11.7. The lowest BCUT2D eigenvalue weighted by Gasteiger charge is -2.23. The Morgan fingerprint density at radius 2 is 1.80 bits per heavy atom. The topological polar surface area (TPSA) is 53.2 Å². The molecule has 25 heavy (non-hydrogen) atoms. The van der Waals surface area contributed by atoms with Gasteiger partial charge in [0.1, 0.15) is 11.0 Å². The molecule has 0 aliphatic carbocycles. The summed E-state index contributed by atoms with van der Waals surface area (Å²) in [4.78, 5) is 11.4. The third-order valence-corrected chi connectivity index (χ3v) is 4.44. The molecule has 4 nitrogen and oxygen atoms in total. The first-order chi connectivity index (χ1) is 11.8. The number of thiocarbonyl (C=S) groups is 1. The fourth-order valence-electron chi connectivity index (χ4n) is 1.97. The molecule has 3 N–H and O–H groups in total. The van der Waals surface area contributed by atoms with Crippen molar-refractivity contribution in [1.82, 2.24) is 10.6 Å². The fourth-order valence-corrected chi connectivity index (χ4v) is 2.86. The van der Waals surface area contributed by atoms with Gasteiger partial charge in [0.05, 0.1) is 0 Å². The van der Waals surface area contributed by atoms with Crippen molar-refractivity contribution in [1.29, 1.82) is 0 Å². The molecule has 0 bridgehead atoms. The Morgan fingerprint density at radius 3 is 2.40 bits per heavy atom. The highest BCUT2D eigenvalue weighted by atomic mass is 79.9. The smallest absolute Gasteiger partial charge is 0.252 e. The number of carbonyl (C=O) groups is 1. The van der Waals surface area contributed by atoms with E-state index in [4.69, 9.17) is 35.4 Å². The van der Waals surface area contributed by atoms with Gasteiger partial charge in [-0.05, 0) is 49.5 Å². The van der Waals surface area contributed by atoms with Gasteiger partial charge in [0.25, 0.3) is 5.91 Å². The fraction of sp³-hybridized carbons (Fsp3) is 0.176. The molecule has 2 aromatic carbocycles. The molecule has 0 unspecified atom stereocenters. The van der Waals surface area contributed by atoms with Crippen LogP contribution in [0.2, 0.25) is 0 Å². The van der Waals surface area contributed by atoms with Crippen LogP contribution in [-0.4, -0.2) is 22.0 Å². The summed E-state index contributed by atoms with van der Waals surface area (Å²) in [6.07, 6.45) is -0.746. The van der Waals surface area contributed by atoms with Crippen molar-refractivity contribution >= 4 is 68.1 Å². The Bertz CT molecular complexity index is 756. The van der Waals surface area contributed by atoms with Crippen LogP contribution in [0.25, 0.3) is 0 Å². The molecule has 8 heteroatoms. The summed E-state index contributed by atoms with van der Waals surface area (Å²) in [5.41, 5.74) is 2.37. The van der Waals surface area contributed by atoms with Gasteiger partial charge in [0.15, 0.2) is 5.11 Å². The summed E-state index contributed by atoms with van der Waals surface area (Å²) < 4.78 is 0.914. The predicted octanol–water partition coefficient (Wildman–Crippen LogP) is 4.60. The molecule has 0 aliphatic heterocycles. The van der Waals surface area contributed by atoms with Crippen molar-refractivity contribution < 1.29 is 4.79 Å². The lowest BCUT2D eigenvalue weighted by atomic mass is 10.1.